The summed E-state index contributed by atoms with van der Waals surface area (Å²) < 4.78 is 40.8. The van der Waals surface area contributed by atoms with E-state index in [0.717, 1.165) is 57.2 Å². The zero-order chi connectivity index (χ0) is 21.5. The molecule has 1 aromatic carbocycles. The highest BCUT2D eigenvalue weighted by Gasteiger charge is 2.44. The zero-order valence-electron chi connectivity index (χ0n) is 17.1. The molecule has 10 heteroatoms. The van der Waals surface area contributed by atoms with Crippen molar-refractivity contribution >= 4 is 23.3 Å². The highest BCUT2D eigenvalue weighted by Crippen LogP contribution is 2.45. The molecule has 0 bridgehead atoms. The van der Waals surface area contributed by atoms with Crippen LogP contribution in [0.5, 0.6) is 0 Å². The van der Waals surface area contributed by atoms with Crippen LogP contribution in [0.3, 0.4) is 0 Å². The first-order valence-corrected chi connectivity index (χ1v) is 10.3. The van der Waals surface area contributed by atoms with E-state index in [2.05, 4.69) is 19.8 Å². The highest BCUT2D eigenvalue weighted by atomic mass is 19.4. The molecule has 1 saturated heterocycles. The number of guanidine groups is 2. The van der Waals surface area contributed by atoms with E-state index >= 15 is 0 Å². The average Bonchev–Trinajstić information content (AvgIpc) is 2.68. The number of rotatable bonds is 2. The Bertz CT molecular complexity index is 850. The minimum absolute atomic E-state index is 0.0822. The predicted octanol–water partition coefficient (Wildman–Crippen LogP) is 2.57. The Morgan fingerprint density at radius 2 is 1.63 bits per heavy atom. The number of nitrogens with zero attached hydrogens (tertiary/aromatic N) is 5. The van der Waals surface area contributed by atoms with Gasteiger partial charge in [0, 0.05) is 26.2 Å². The number of hydrogen-bond donors (Lipinski definition) is 2. The Balaban J connectivity index is 1.85. The molecule has 4 N–H and O–H groups in total. The molecule has 0 unspecified atom stereocenters. The van der Waals surface area contributed by atoms with Crippen LogP contribution in [0.4, 0.5) is 24.5 Å². The molecule has 2 heterocycles. The van der Waals surface area contributed by atoms with Crippen LogP contribution in [-0.4, -0.2) is 55.7 Å². The quantitative estimate of drug-likeness (QED) is 0.764. The van der Waals surface area contributed by atoms with Gasteiger partial charge in [0.05, 0.1) is 16.9 Å². The summed E-state index contributed by atoms with van der Waals surface area (Å²) in [5.74, 6) is 0.179. The maximum atomic E-state index is 13.6. The topological polar surface area (TPSA) is 86.5 Å². The van der Waals surface area contributed by atoms with Crippen molar-refractivity contribution in [2.24, 2.45) is 21.5 Å². The van der Waals surface area contributed by atoms with E-state index in [1.807, 2.05) is 7.05 Å². The van der Waals surface area contributed by atoms with Gasteiger partial charge in [-0.05, 0) is 50.9 Å². The molecule has 1 aliphatic carbocycles. The number of anilines is 2. The fraction of sp³-hybridized carbons (Fsp3) is 0.600. The number of likely N-dealkylation sites (N-methyl/N-ethyl adjacent to an activating group) is 1. The molecule has 4 rings (SSSR count). The summed E-state index contributed by atoms with van der Waals surface area (Å²) in [6.45, 7) is 3.11. The molecule has 7 nitrogen and oxygen atoms in total. The van der Waals surface area contributed by atoms with E-state index in [1.165, 1.54) is 6.07 Å². The molecular formula is C20H28F3N7. The fourth-order valence-corrected chi connectivity index (χ4v) is 4.66. The van der Waals surface area contributed by atoms with Gasteiger partial charge in [0.15, 0.2) is 0 Å². The minimum atomic E-state index is -4.46. The van der Waals surface area contributed by atoms with E-state index in [1.54, 1.807) is 11.0 Å². The van der Waals surface area contributed by atoms with Crippen LogP contribution in [0.15, 0.2) is 28.2 Å². The van der Waals surface area contributed by atoms with Gasteiger partial charge in [0.2, 0.25) is 11.9 Å². The monoisotopic (exact) mass is 423 g/mol. The number of benzene rings is 1. The van der Waals surface area contributed by atoms with Crippen molar-refractivity contribution in [3.63, 3.8) is 0 Å². The van der Waals surface area contributed by atoms with Crippen molar-refractivity contribution in [1.29, 1.82) is 0 Å². The lowest BCUT2D eigenvalue weighted by Gasteiger charge is -2.47. The van der Waals surface area contributed by atoms with Crippen molar-refractivity contribution in [2.45, 2.75) is 43.9 Å². The molecule has 164 valence electrons. The van der Waals surface area contributed by atoms with Crippen molar-refractivity contribution in [2.75, 3.05) is 43.0 Å². The number of aliphatic imine (C=N–C) groups is 2. The first-order chi connectivity index (χ1) is 14.2. The zero-order valence-corrected chi connectivity index (χ0v) is 17.1. The maximum absolute atomic E-state index is 13.6. The van der Waals surface area contributed by atoms with Gasteiger partial charge in [-0.15, -0.1) is 0 Å². The summed E-state index contributed by atoms with van der Waals surface area (Å²) in [5.41, 5.74) is 11.8. The molecule has 1 aromatic rings. The van der Waals surface area contributed by atoms with Gasteiger partial charge in [-0.3, -0.25) is 4.90 Å². The van der Waals surface area contributed by atoms with Gasteiger partial charge in [-0.25, -0.2) is 4.99 Å². The summed E-state index contributed by atoms with van der Waals surface area (Å²) in [6.07, 6.45) is -0.257. The van der Waals surface area contributed by atoms with Crippen molar-refractivity contribution in [1.82, 2.24) is 4.90 Å². The maximum Gasteiger partial charge on any atom is 0.416 e. The summed E-state index contributed by atoms with van der Waals surface area (Å²) in [7, 11) is 2.04. The van der Waals surface area contributed by atoms with Gasteiger partial charge < -0.3 is 21.3 Å². The SMILES string of the molecule is CN1CCN(c2ccc(C(F)(F)F)cc2N2C(N)=NC(N)=NC23CCCCC3)CC1. The van der Waals surface area contributed by atoms with E-state index in [4.69, 9.17) is 11.5 Å². The fourth-order valence-electron chi connectivity index (χ4n) is 4.66. The van der Waals surface area contributed by atoms with Gasteiger partial charge in [-0.1, -0.05) is 6.42 Å². The summed E-state index contributed by atoms with van der Waals surface area (Å²) in [6, 6.07) is 3.87. The van der Waals surface area contributed by atoms with Gasteiger partial charge >= 0.3 is 6.18 Å². The number of nitrogens with two attached hydrogens (primary N) is 2. The first kappa shape index (κ1) is 20.8. The Labute approximate surface area is 174 Å². The molecule has 2 aliphatic heterocycles. The molecule has 0 radical (unpaired) electrons. The number of halogens is 3. The van der Waals surface area contributed by atoms with Gasteiger partial charge in [0.25, 0.3) is 0 Å². The van der Waals surface area contributed by atoms with Crippen molar-refractivity contribution < 1.29 is 13.2 Å². The molecule has 3 aliphatic rings. The van der Waals surface area contributed by atoms with Crippen LogP contribution < -0.4 is 21.3 Å². The second kappa shape index (κ2) is 7.64. The number of alkyl halides is 3. The van der Waals surface area contributed by atoms with Gasteiger partial charge in [0.1, 0.15) is 5.66 Å². The second-order valence-corrected chi connectivity index (χ2v) is 8.31. The lowest BCUT2D eigenvalue weighted by atomic mass is 9.87. The predicted molar refractivity (Wildman–Crippen MR) is 113 cm³/mol. The van der Waals surface area contributed by atoms with Crippen LogP contribution in [0.25, 0.3) is 0 Å². The Kier molecular flexibility index (Phi) is 5.29. The van der Waals surface area contributed by atoms with Crippen molar-refractivity contribution in [3.05, 3.63) is 23.8 Å². The highest BCUT2D eigenvalue weighted by molar-refractivity contribution is 6.07. The van der Waals surface area contributed by atoms with E-state index in [-0.39, 0.29) is 11.9 Å². The molecule has 30 heavy (non-hydrogen) atoms. The number of piperazine rings is 1. The molecule has 2 fully saturated rings. The summed E-state index contributed by atoms with van der Waals surface area (Å²) >= 11 is 0. The van der Waals surface area contributed by atoms with Crippen LogP contribution in [0.2, 0.25) is 0 Å². The average molecular weight is 423 g/mol. The van der Waals surface area contributed by atoms with E-state index in [0.29, 0.717) is 18.5 Å². The van der Waals surface area contributed by atoms with E-state index in [9.17, 15) is 13.2 Å². The Morgan fingerprint density at radius 1 is 0.967 bits per heavy atom. The van der Waals surface area contributed by atoms with E-state index < -0.39 is 17.4 Å². The second-order valence-electron chi connectivity index (χ2n) is 8.31. The number of hydrogen-bond acceptors (Lipinski definition) is 7. The van der Waals surface area contributed by atoms with Crippen LogP contribution >= 0.6 is 0 Å². The standard InChI is InChI=1S/C20H28F3N7/c1-28-9-11-29(12-10-28)15-6-5-14(20(21,22)23)13-16(15)30-18(25)26-17(24)27-19(30)7-3-2-4-8-19/h5-6,13H,2-4,7-12H2,1H3,(H4,24,25,26,27). The smallest absolute Gasteiger partial charge is 0.369 e. The minimum Gasteiger partial charge on any atom is -0.369 e. The van der Waals surface area contributed by atoms with Crippen LogP contribution in [0.1, 0.15) is 37.7 Å². The van der Waals surface area contributed by atoms with Crippen LogP contribution in [-0.2, 0) is 6.18 Å². The molecule has 1 saturated carbocycles. The Hall–Kier alpha value is -2.49. The normalized spacial score (nSPS) is 22.8. The lowest BCUT2D eigenvalue weighted by molar-refractivity contribution is -0.137. The molecule has 0 aromatic heterocycles. The van der Waals surface area contributed by atoms with Crippen molar-refractivity contribution in [3.8, 4) is 0 Å². The summed E-state index contributed by atoms with van der Waals surface area (Å²) in [5, 5.41) is 0. The van der Waals surface area contributed by atoms with Gasteiger partial charge in [-0.2, -0.15) is 18.2 Å². The lowest BCUT2D eigenvalue weighted by Crippen LogP contribution is -2.58. The first-order valence-electron chi connectivity index (χ1n) is 10.3. The Morgan fingerprint density at radius 3 is 2.27 bits per heavy atom. The third-order valence-electron chi connectivity index (χ3n) is 6.24. The molecule has 0 amide bonds. The largest absolute Gasteiger partial charge is 0.416 e. The molecule has 0 atom stereocenters. The summed E-state index contributed by atoms with van der Waals surface area (Å²) in [4.78, 5) is 14.7. The van der Waals surface area contributed by atoms with Crippen LogP contribution in [0, 0.1) is 0 Å². The molecular weight excluding hydrogens is 395 g/mol. The third-order valence-corrected chi connectivity index (χ3v) is 6.24. The molecule has 1 spiro atoms. The third kappa shape index (κ3) is 3.80.